The van der Waals surface area contributed by atoms with Gasteiger partial charge in [0, 0.05) is 7.11 Å². The van der Waals surface area contributed by atoms with Gasteiger partial charge >= 0.3 is 5.97 Å². The molecule has 0 aliphatic carbocycles. The third-order valence-corrected chi connectivity index (χ3v) is 2.39. The summed E-state index contributed by atoms with van der Waals surface area (Å²) in [6, 6.07) is 0. The Labute approximate surface area is 93.1 Å². The van der Waals surface area contributed by atoms with Gasteiger partial charge in [-0.25, -0.2) is 0 Å². The average Bonchev–Trinajstić information content (AvgIpc) is 2.10. The maximum atomic E-state index is 11.8. The molecule has 90 valence electrons. The maximum Gasteiger partial charge on any atom is 0.312 e. The number of methoxy groups -OCH3 is 1. The van der Waals surface area contributed by atoms with Crippen molar-refractivity contribution in [2.45, 2.75) is 46.6 Å². The normalized spacial score (nSPS) is 15.9. The van der Waals surface area contributed by atoms with Gasteiger partial charge in [-0.05, 0) is 26.7 Å². The molecule has 0 amide bonds. The van der Waals surface area contributed by atoms with Crippen LogP contribution in [0.1, 0.15) is 41.0 Å². The van der Waals surface area contributed by atoms with E-state index in [-0.39, 0.29) is 11.9 Å². The second-order valence-electron chi connectivity index (χ2n) is 4.98. The van der Waals surface area contributed by atoms with E-state index in [0.717, 1.165) is 6.42 Å². The van der Waals surface area contributed by atoms with Crippen LogP contribution in [0.4, 0.5) is 0 Å². The zero-order valence-corrected chi connectivity index (χ0v) is 10.8. The van der Waals surface area contributed by atoms with Gasteiger partial charge in [-0.2, -0.15) is 0 Å². The Morgan fingerprint density at radius 3 is 2.20 bits per heavy atom. The molecule has 0 saturated heterocycles. The Hall–Kier alpha value is -0.570. The van der Waals surface area contributed by atoms with Gasteiger partial charge in [-0.1, -0.05) is 20.3 Å². The lowest BCUT2D eigenvalue weighted by molar-refractivity contribution is -0.164. The number of esters is 1. The van der Waals surface area contributed by atoms with E-state index in [1.165, 1.54) is 0 Å². The van der Waals surface area contributed by atoms with Gasteiger partial charge in [0.25, 0.3) is 0 Å². The van der Waals surface area contributed by atoms with Gasteiger partial charge in [0.05, 0.1) is 12.5 Å². The molecule has 3 heteroatoms. The fourth-order valence-electron chi connectivity index (χ4n) is 1.31. The van der Waals surface area contributed by atoms with Crippen LogP contribution < -0.4 is 0 Å². The Kier molecular flexibility index (Phi) is 5.88. The van der Waals surface area contributed by atoms with Crippen molar-refractivity contribution in [2.24, 2.45) is 11.8 Å². The zero-order valence-electron chi connectivity index (χ0n) is 10.8. The molecule has 0 aromatic heterocycles. The van der Waals surface area contributed by atoms with Crippen LogP contribution in [0, 0.1) is 11.8 Å². The van der Waals surface area contributed by atoms with Crippen molar-refractivity contribution in [3.05, 3.63) is 0 Å². The summed E-state index contributed by atoms with van der Waals surface area (Å²) in [4.78, 5) is 11.8. The van der Waals surface area contributed by atoms with Gasteiger partial charge in [-0.15, -0.1) is 0 Å². The van der Waals surface area contributed by atoms with E-state index in [1.807, 2.05) is 27.7 Å². The minimum Gasteiger partial charge on any atom is -0.460 e. The number of rotatable bonds is 5. The van der Waals surface area contributed by atoms with Crippen LogP contribution in [-0.2, 0) is 14.3 Å². The highest BCUT2D eigenvalue weighted by Gasteiger charge is 2.28. The first kappa shape index (κ1) is 14.4. The van der Waals surface area contributed by atoms with Crippen LogP contribution in [0.15, 0.2) is 0 Å². The van der Waals surface area contributed by atoms with E-state index < -0.39 is 5.60 Å². The van der Waals surface area contributed by atoms with Crippen molar-refractivity contribution < 1.29 is 14.3 Å². The largest absolute Gasteiger partial charge is 0.460 e. The predicted molar refractivity (Wildman–Crippen MR) is 60.7 cm³/mol. The number of ether oxygens (including phenoxy) is 2. The van der Waals surface area contributed by atoms with Gasteiger partial charge in [0.2, 0.25) is 0 Å². The molecular weight excluding hydrogens is 192 g/mol. The van der Waals surface area contributed by atoms with E-state index in [9.17, 15) is 4.79 Å². The van der Waals surface area contributed by atoms with Crippen molar-refractivity contribution >= 4 is 5.97 Å². The van der Waals surface area contributed by atoms with Gasteiger partial charge < -0.3 is 9.47 Å². The van der Waals surface area contributed by atoms with E-state index in [4.69, 9.17) is 9.47 Å². The van der Waals surface area contributed by atoms with Gasteiger partial charge in [0.15, 0.2) is 0 Å². The van der Waals surface area contributed by atoms with E-state index in [2.05, 4.69) is 6.92 Å². The smallest absolute Gasteiger partial charge is 0.312 e. The number of hydrogen-bond donors (Lipinski definition) is 0. The van der Waals surface area contributed by atoms with Crippen molar-refractivity contribution in [1.82, 2.24) is 0 Å². The molecule has 15 heavy (non-hydrogen) atoms. The molecule has 2 unspecified atom stereocenters. The Morgan fingerprint density at radius 1 is 1.33 bits per heavy atom. The summed E-state index contributed by atoms with van der Waals surface area (Å²) in [6.07, 6.45) is 0.952. The van der Waals surface area contributed by atoms with Crippen molar-refractivity contribution in [2.75, 3.05) is 13.7 Å². The van der Waals surface area contributed by atoms with Crippen LogP contribution >= 0.6 is 0 Å². The molecule has 0 saturated carbocycles. The summed E-state index contributed by atoms with van der Waals surface area (Å²) < 4.78 is 10.4. The second kappa shape index (κ2) is 6.11. The highest BCUT2D eigenvalue weighted by Crippen LogP contribution is 2.20. The highest BCUT2D eigenvalue weighted by atomic mass is 16.6. The molecule has 0 rings (SSSR count). The Balaban J connectivity index is 4.42. The third-order valence-electron chi connectivity index (χ3n) is 2.39. The molecule has 0 spiro atoms. The summed E-state index contributed by atoms with van der Waals surface area (Å²) in [7, 11) is 1.61. The second-order valence-corrected chi connectivity index (χ2v) is 4.98. The molecule has 0 heterocycles. The summed E-state index contributed by atoms with van der Waals surface area (Å²) in [5.41, 5.74) is -0.420. The van der Waals surface area contributed by atoms with Crippen LogP contribution in [-0.4, -0.2) is 25.3 Å². The SMILES string of the molecule is CCC(C)C(COC)C(=O)OC(C)(C)C. The summed E-state index contributed by atoms with van der Waals surface area (Å²) in [5.74, 6) is -0.0160. The lowest BCUT2D eigenvalue weighted by atomic mass is 9.92. The molecule has 0 aromatic rings. The first-order valence-electron chi connectivity index (χ1n) is 5.53. The van der Waals surface area contributed by atoms with Crippen LogP contribution in [0.2, 0.25) is 0 Å². The molecule has 0 radical (unpaired) electrons. The van der Waals surface area contributed by atoms with E-state index in [0.29, 0.717) is 12.5 Å². The molecule has 0 bridgehead atoms. The maximum absolute atomic E-state index is 11.8. The molecule has 0 aliphatic rings. The highest BCUT2D eigenvalue weighted by molar-refractivity contribution is 5.73. The molecule has 0 aromatic carbocycles. The van der Waals surface area contributed by atoms with E-state index >= 15 is 0 Å². The fourth-order valence-corrected chi connectivity index (χ4v) is 1.31. The third kappa shape index (κ3) is 5.78. The van der Waals surface area contributed by atoms with Crippen LogP contribution in [0.25, 0.3) is 0 Å². The summed E-state index contributed by atoms with van der Waals surface area (Å²) >= 11 is 0. The minimum atomic E-state index is -0.420. The first-order chi connectivity index (χ1) is 6.81. The number of carbonyl (C=O) groups is 1. The predicted octanol–water partition coefficient (Wildman–Crippen LogP) is 2.64. The lowest BCUT2D eigenvalue weighted by Crippen LogP contribution is -2.34. The van der Waals surface area contributed by atoms with Crippen molar-refractivity contribution in [3.8, 4) is 0 Å². The monoisotopic (exact) mass is 216 g/mol. The quantitative estimate of drug-likeness (QED) is 0.663. The molecule has 0 aliphatic heterocycles. The van der Waals surface area contributed by atoms with Crippen LogP contribution in [0.3, 0.4) is 0 Å². The van der Waals surface area contributed by atoms with Crippen LogP contribution in [0.5, 0.6) is 0 Å². The van der Waals surface area contributed by atoms with Gasteiger partial charge in [-0.3, -0.25) is 4.79 Å². The zero-order chi connectivity index (χ0) is 12.1. The first-order valence-corrected chi connectivity index (χ1v) is 5.53. The number of hydrogen-bond acceptors (Lipinski definition) is 3. The van der Waals surface area contributed by atoms with E-state index in [1.54, 1.807) is 7.11 Å². The minimum absolute atomic E-state index is 0.153. The van der Waals surface area contributed by atoms with Gasteiger partial charge in [0.1, 0.15) is 5.60 Å². The van der Waals surface area contributed by atoms with Crippen molar-refractivity contribution in [3.63, 3.8) is 0 Å². The molecule has 3 nitrogen and oxygen atoms in total. The average molecular weight is 216 g/mol. The Morgan fingerprint density at radius 2 is 1.87 bits per heavy atom. The number of carbonyl (C=O) groups excluding carboxylic acids is 1. The molecule has 0 N–H and O–H groups in total. The fraction of sp³-hybridized carbons (Fsp3) is 0.917. The summed E-state index contributed by atoms with van der Waals surface area (Å²) in [5, 5.41) is 0. The summed E-state index contributed by atoms with van der Waals surface area (Å²) in [6.45, 7) is 10.2. The topological polar surface area (TPSA) is 35.5 Å². The van der Waals surface area contributed by atoms with Crippen molar-refractivity contribution in [1.29, 1.82) is 0 Å². The lowest BCUT2D eigenvalue weighted by Gasteiger charge is -2.26. The molecule has 0 fully saturated rings. The molecule has 2 atom stereocenters. The standard InChI is InChI=1S/C12H24O3/c1-7-9(2)10(8-14-6)11(13)15-12(3,4)5/h9-10H,7-8H2,1-6H3. The molecular formula is C12H24O3. The Bertz CT molecular complexity index is 194.